The van der Waals surface area contributed by atoms with Crippen LogP contribution in [0.3, 0.4) is 0 Å². The summed E-state index contributed by atoms with van der Waals surface area (Å²) in [4.78, 5) is 31.0. The Morgan fingerprint density at radius 3 is 2.41 bits per heavy atom. The SMILES string of the molecule is CC(F)(c1ccc2c(c1)CCC1N(C(=O)C3(F)CCC(C(=O)O)CC3)CCC21Cc1ccccn1)C(F)(F)F. The van der Waals surface area contributed by atoms with Crippen molar-refractivity contribution in [3.8, 4) is 0 Å². The highest BCUT2D eigenvalue weighted by Crippen LogP contribution is 2.52. The lowest BCUT2D eigenvalue weighted by Gasteiger charge is -2.45. The molecule has 39 heavy (non-hydrogen) atoms. The highest BCUT2D eigenvalue weighted by atomic mass is 19.4. The van der Waals surface area contributed by atoms with E-state index in [-0.39, 0.29) is 32.2 Å². The molecule has 0 spiro atoms. The number of fused-ring (bicyclic) bond motifs is 3. The number of rotatable bonds is 5. The number of hydrogen-bond acceptors (Lipinski definition) is 3. The van der Waals surface area contributed by atoms with Gasteiger partial charge in [-0.3, -0.25) is 14.6 Å². The molecular weight excluding hydrogens is 519 g/mol. The van der Waals surface area contributed by atoms with Gasteiger partial charge in [0.05, 0.1) is 5.92 Å². The number of amides is 1. The Hall–Kier alpha value is -3.04. The molecule has 1 aliphatic heterocycles. The number of benzene rings is 1. The fourth-order valence-corrected chi connectivity index (χ4v) is 6.89. The number of carboxylic acids is 1. The number of carbonyl (C=O) groups excluding carboxylic acids is 1. The minimum absolute atomic E-state index is 0.0853. The topological polar surface area (TPSA) is 70.5 Å². The molecule has 0 radical (unpaired) electrons. The van der Waals surface area contributed by atoms with Gasteiger partial charge in [0.25, 0.3) is 5.91 Å². The van der Waals surface area contributed by atoms with E-state index < -0.39 is 52.3 Å². The maximum absolute atomic E-state index is 16.0. The summed E-state index contributed by atoms with van der Waals surface area (Å²) in [6.07, 6.45) is -2.04. The van der Waals surface area contributed by atoms with Crippen molar-refractivity contribution in [3.63, 3.8) is 0 Å². The van der Waals surface area contributed by atoms with E-state index in [0.717, 1.165) is 11.3 Å². The molecule has 3 aliphatic rings. The minimum Gasteiger partial charge on any atom is -0.481 e. The third kappa shape index (κ3) is 4.59. The Balaban J connectivity index is 1.51. The summed E-state index contributed by atoms with van der Waals surface area (Å²) >= 11 is 0. The lowest BCUT2D eigenvalue weighted by atomic mass is 9.64. The van der Waals surface area contributed by atoms with Crippen LogP contribution >= 0.6 is 0 Å². The van der Waals surface area contributed by atoms with Gasteiger partial charge in [0.1, 0.15) is 0 Å². The van der Waals surface area contributed by atoms with Crippen LogP contribution in [-0.2, 0) is 33.5 Å². The first kappa shape index (κ1) is 27.5. The van der Waals surface area contributed by atoms with E-state index in [4.69, 9.17) is 0 Å². The molecular formula is C29H31F5N2O3. The van der Waals surface area contributed by atoms with Crippen LogP contribution in [0, 0.1) is 5.92 Å². The number of aliphatic carboxylic acids is 1. The second-order valence-corrected chi connectivity index (χ2v) is 11.4. The average molecular weight is 551 g/mol. The van der Waals surface area contributed by atoms with Gasteiger partial charge in [-0.25, -0.2) is 8.78 Å². The molecule has 5 nitrogen and oxygen atoms in total. The predicted molar refractivity (Wildman–Crippen MR) is 132 cm³/mol. The van der Waals surface area contributed by atoms with Crippen LogP contribution in [0.4, 0.5) is 22.0 Å². The van der Waals surface area contributed by atoms with Crippen molar-refractivity contribution in [2.75, 3.05) is 6.54 Å². The van der Waals surface area contributed by atoms with Crippen molar-refractivity contribution in [1.29, 1.82) is 0 Å². The monoisotopic (exact) mass is 550 g/mol. The molecule has 1 aromatic carbocycles. The van der Waals surface area contributed by atoms with Crippen molar-refractivity contribution >= 4 is 11.9 Å². The van der Waals surface area contributed by atoms with E-state index in [1.165, 1.54) is 12.1 Å². The highest BCUT2D eigenvalue weighted by Gasteiger charge is 2.58. The van der Waals surface area contributed by atoms with Gasteiger partial charge < -0.3 is 10.0 Å². The van der Waals surface area contributed by atoms with Gasteiger partial charge in [0.2, 0.25) is 5.67 Å². The number of alkyl halides is 5. The number of aromatic nitrogens is 1. The Morgan fingerprint density at radius 1 is 1.08 bits per heavy atom. The van der Waals surface area contributed by atoms with E-state index in [2.05, 4.69) is 4.98 Å². The molecule has 2 aromatic rings. The van der Waals surface area contributed by atoms with Crippen molar-refractivity contribution in [2.24, 2.45) is 5.92 Å². The molecule has 0 bridgehead atoms. The van der Waals surface area contributed by atoms with Crippen molar-refractivity contribution < 1.29 is 36.6 Å². The Kier molecular flexibility index (Phi) is 6.74. The van der Waals surface area contributed by atoms with Crippen LogP contribution in [0.15, 0.2) is 42.6 Å². The van der Waals surface area contributed by atoms with Crippen LogP contribution < -0.4 is 0 Å². The molecule has 1 aromatic heterocycles. The standard InChI is InChI=1S/C29H31F5N2O3/c1-26(30,29(32,33)34)20-6-7-22-19(16-20)5-8-23-27(22,17-21-4-2-3-14-35-21)13-15-36(23)25(39)28(31)11-9-18(10-12-28)24(37)38/h2-4,6-7,14,16,18,23H,5,8-13,15,17H2,1H3,(H,37,38). The number of carboxylic acid groups (broad SMARTS) is 1. The van der Waals surface area contributed by atoms with Crippen LogP contribution in [-0.4, -0.2) is 51.3 Å². The summed E-state index contributed by atoms with van der Waals surface area (Å²) in [7, 11) is 0. The van der Waals surface area contributed by atoms with E-state index in [1.54, 1.807) is 23.2 Å². The first-order valence-electron chi connectivity index (χ1n) is 13.3. The molecule has 5 rings (SSSR count). The second kappa shape index (κ2) is 9.55. The van der Waals surface area contributed by atoms with Crippen LogP contribution in [0.1, 0.15) is 67.8 Å². The predicted octanol–water partition coefficient (Wildman–Crippen LogP) is 5.84. The normalized spacial score (nSPS) is 30.3. The van der Waals surface area contributed by atoms with Crippen LogP contribution in [0.25, 0.3) is 0 Å². The van der Waals surface area contributed by atoms with Gasteiger partial charge in [0, 0.05) is 36.3 Å². The maximum Gasteiger partial charge on any atom is 0.426 e. The molecule has 1 saturated carbocycles. The average Bonchev–Trinajstić information content (AvgIpc) is 3.27. The van der Waals surface area contributed by atoms with Crippen molar-refractivity contribution in [2.45, 2.75) is 87.3 Å². The van der Waals surface area contributed by atoms with Gasteiger partial charge in [-0.1, -0.05) is 24.3 Å². The zero-order chi connectivity index (χ0) is 28.2. The number of aryl methyl sites for hydroxylation is 1. The number of carbonyl (C=O) groups is 2. The number of pyridine rings is 1. The fraction of sp³-hybridized carbons (Fsp3) is 0.552. The Bertz CT molecular complexity index is 1260. The van der Waals surface area contributed by atoms with Crippen LogP contribution in [0.2, 0.25) is 0 Å². The van der Waals surface area contributed by atoms with Gasteiger partial charge in [0.15, 0.2) is 5.67 Å². The zero-order valence-electron chi connectivity index (χ0n) is 21.6. The van der Waals surface area contributed by atoms with E-state index in [0.29, 0.717) is 38.2 Å². The first-order valence-corrected chi connectivity index (χ1v) is 13.3. The largest absolute Gasteiger partial charge is 0.481 e. The fourth-order valence-electron chi connectivity index (χ4n) is 6.89. The van der Waals surface area contributed by atoms with Crippen molar-refractivity contribution in [3.05, 3.63) is 65.0 Å². The third-order valence-electron chi connectivity index (χ3n) is 9.21. The number of halogens is 5. The van der Waals surface area contributed by atoms with Crippen molar-refractivity contribution in [1.82, 2.24) is 9.88 Å². The Labute approximate surface area is 223 Å². The Morgan fingerprint density at radius 2 is 1.79 bits per heavy atom. The summed E-state index contributed by atoms with van der Waals surface area (Å²) in [5.74, 6) is -2.30. The molecule has 1 amide bonds. The summed E-state index contributed by atoms with van der Waals surface area (Å²) < 4.78 is 71.2. The van der Waals surface area contributed by atoms with E-state index >= 15 is 4.39 Å². The van der Waals surface area contributed by atoms with Gasteiger partial charge in [-0.05, 0) is 80.7 Å². The third-order valence-corrected chi connectivity index (χ3v) is 9.21. The molecule has 1 saturated heterocycles. The quantitative estimate of drug-likeness (QED) is 0.475. The highest BCUT2D eigenvalue weighted by molar-refractivity contribution is 5.86. The molecule has 3 unspecified atom stereocenters. The summed E-state index contributed by atoms with van der Waals surface area (Å²) in [6, 6.07) is 9.01. The summed E-state index contributed by atoms with van der Waals surface area (Å²) in [5, 5.41) is 9.28. The molecule has 210 valence electrons. The maximum atomic E-state index is 16.0. The summed E-state index contributed by atoms with van der Waals surface area (Å²) in [5.41, 5.74) is -4.79. The molecule has 2 heterocycles. The number of nitrogens with zero attached hydrogens (tertiary/aromatic N) is 2. The lowest BCUT2D eigenvalue weighted by Crippen LogP contribution is -2.55. The van der Waals surface area contributed by atoms with Gasteiger partial charge in [-0.2, -0.15) is 13.2 Å². The van der Waals surface area contributed by atoms with Crippen LogP contribution in [0.5, 0.6) is 0 Å². The number of hydrogen-bond donors (Lipinski definition) is 1. The molecule has 2 fully saturated rings. The van der Waals surface area contributed by atoms with Gasteiger partial charge in [-0.15, -0.1) is 0 Å². The van der Waals surface area contributed by atoms with E-state index in [1.807, 2.05) is 12.1 Å². The first-order chi connectivity index (χ1) is 18.3. The number of likely N-dealkylation sites (tertiary alicyclic amines) is 1. The molecule has 10 heteroatoms. The smallest absolute Gasteiger partial charge is 0.426 e. The van der Waals surface area contributed by atoms with Gasteiger partial charge >= 0.3 is 12.1 Å². The minimum atomic E-state index is -5.07. The lowest BCUT2D eigenvalue weighted by molar-refractivity contribution is -0.228. The zero-order valence-corrected chi connectivity index (χ0v) is 21.6. The second-order valence-electron chi connectivity index (χ2n) is 11.4. The van der Waals surface area contributed by atoms with E-state index in [9.17, 15) is 32.3 Å². The molecule has 1 N–H and O–H groups in total. The molecule has 2 aliphatic carbocycles. The summed E-state index contributed by atoms with van der Waals surface area (Å²) in [6.45, 7) is 0.773. The molecule has 3 atom stereocenters.